The standard InChI is InChI=1S/C28H36Cl2N6O4/c1-38-21-13-22(39-2)25(30)23(24(21)29)20-12-17-14-32-28(33-18-7-11-40-16-18)35-26(17)27(34-20)31-8-3-4-9-36-10-5-6-19(36)15-37/h12-14,18-19,37H,3-11,15-16H2,1-2H3,(H,31,34)(H,32,33,35). The Kier molecular flexibility index (Phi) is 9.64. The Balaban J connectivity index is 1.44. The highest BCUT2D eigenvalue weighted by atomic mass is 35.5. The number of halogens is 2. The molecule has 1 aromatic carbocycles. The summed E-state index contributed by atoms with van der Waals surface area (Å²) in [7, 11) is 3.09. The summed E-state index contributed by atoms with van der Waals surface area (Å²) in [5, 5.41) is 17.9. The molecule has 0 aliphatic carbocycles. The van der Waals surface area contributed by atoms with Gasteiger partial charge in [0.1, 0.15) is 17.0 Å². The maximum atomic E-state index is 9.60. The molecule has 0 amide bonds. The van der Waals surface area contributed by atoms with Gasteiger partial charge in [0.05, 0.1) is 49.2 Å². The number of unbranched alkanes of at least 4 members (excludes halogenated alkanes) is 1. The van der Waals surface area contributed by atoms with E-state index in [1.807, 2.05) is 6.07 Å². The minimum Gasteiger partial charge on any atom is -0.495 e. The maximum absolute atomic E-state index is 9.60. The van der Waals surface area contributed by atoms with Gasteiger partial charge in [-0.25, -0.2) is 15.0 Å². The lowest BCUT2D eigenvalue weighted by atomic mass is 10.1. The van der Waals surface area contributed by atoms with Gasteiger partial charge in [0.2, 0.25) is 5.95 Å². The number of likely N-dealkylation sites (tertiary alicyclic amines) is 1. The third kappa shape index (κ3) is 6.31. The van der Waals surface area contributed by atoms with Crippen LogP contribution in [0.15, 0.2) is 18.3 Å². The normalized spacial score (nSPS) is 19.3. The minimum absolute atomic E-state index is 0.177. The molecule has 0 bridgehead atoms. The summed E-state index contributed by atoms with van der Waals surface area (Å²) in [6.45, 7) is 4.31. The number of hydrogen-bond donors (Lipinski definition) is 3. The number of nitrogens with one attached hydrogen (secondary N) is 2. The molecule has 12 heteroatoms. The average Bonchev–Trinajstić information content (AvgIpc) is 3.65. The van der Waals surface area contributed by atoms with Crippen molar-refractivity contribution >= 4 is 45.9 Å². The summed E-state index contributed by atoms with van der Waals surface area (Å²) in [6.07, 6.45) is 6.85. The third-order valence-corrected chi connectivity index (χ3v) is 8.28. The average molecular weight is 592 g/mol. The highest BCUT2D eigenvalue weighted by molar-refractivity contribution is 6.41. The van der Waals surface area contributed by atoms with Gasteiger partial charge in [-0.1, -0.05) is 23.2 Å². The summed E-state index contributed by atoms with van der Waals surface area (Å²) >= 11 is 13.5. The molecule has 2 saturated heterocycles. The van der Waals surface area contributed by atoms with Crippen molar-refractivity contribution in [3.05, 3.63) is 28.4 Å². The first-order valence-electron chi connectivity index (χ1n) is 13.7. The number of aliphatic hydroxyl groups excluding tert-OH is 1. The summed E-state index contributed by atoms with van der Waals surface area (Å²) < 4.78 is 16.4. The molecule has 40 heavy (non-hydrogen) atoms. The molecule has 2 unspecified atom stereocenters. The summed E-state index contributed by atoms with van der Waals surface area (Å²) in [4.78, 5) is 16.7. The molecule has 10 nitrogen and oxygen atoms in total. The molecule has 0 spiro atoms. The number of hydrogen-bond acceptors (Lipinski definition) is 10. The van der Waals surface area contributed by atoms with Gasteiger partial charge < -0.3 is 30.0 Å². The summed E-state index contributed by atoms with van der Waals surface area (Å²) in [5.41, 5.74) is 1.76. The van der Waals surface area contributed by atoms with Gasteiger partial charge in [-0.15, -0.1) is 0 Å². The van der Waals surface area contributed by atoms with E-state index in [1.54, 1.807) is 26.5 Å². The topological polar surface area (TPSA) is 114 Å². The number of ether oxygens (including phenoxy) is 3. The van der Waals surface area contributed by atoms with Gasteiger partial charge in [-0.05, 0) is 51.3 Å². The van der Waals surface area contributed by atoms with Crippen molar-refractivity contribution in [2.45, 2.75) is 44.2 Å². The maximum Gasteiger partial charge on any atom is 0.223 e. The van der Waals surface area contributed by atoms with E-state index in [9.17, 15) is 5.11 Å². The number of methoxy groups -OCH3 is 2. The molecule has 0 saturated carbocycles. The molecule has 4 heterocycles. The van der Waals surface area contributed by atoms with Crippen molar-refractivity contribution in [2.24, 2.45) is 0 Å². The third-order valence-electron chi connectivity index (χ3n) is 7.53. The molecular formula is C28H36Cl2N6O4. The molecule has 2 aliphatic rings. The SMILES string of the molecule is COc1cc(OC)c(Cl)c(-c2cc3cnc(NC4CCOC4)nc3c(NCCCCN3CCCC3CO)n2)c1Cl. The van der Waals surface area contributed by atoms with Gasteiger partial charge in [0.25, 0.3) is 0 Å². The lowest BCUT2D eigenvalue weighted by molar-refractivity contribution is 0.157. The van der Waals surface area contributed by atoms with Crippen LogP contribution >= 0.6 is 23.2 Å². The van der Waals surface area contributed by atoms with Crippen LogP contribution in [-0.4, -0.2) is 90.7 Å². The second-order valence-corrected chi connectivity index (χ2v) is 10.9. The molecule has 2 aliphatic heterocycles. The molecule has 3 aromatic rings. The van der Waals surface area contributed by atoms with E-state index < -0.39 is 0 Å². The molecular weight excluding hydrogens is 555 g/mol. The van der Waals surface area contributed by atoms with Crippen LogP contribution < -0.4 is 20.1 Å². The Hall–Kier alpha value is -2.63. The van der Waals surface area contributed by atoms with Crippen molar-refractivity contribution < 1.29 is 19.3 Å². The first kappa shape index (κ1) is 28.9. The first-order valence-corrected chi connectivity index (χ1v) is 14.5. The predicted octanol–water partition coefficient (Wildman–Crippen LogP) is 4.87. The zero-order valence-corrected chi connectivity index (χ0v) is 24.4. The molecule has 216 valence electrons. The Morgan fingerprint density at radius 1 is 1.10 bits per heavy atom. The quantitative estimate of drug-likeness (QED) is 0.252. The molecule has 3 N–H and O–H groups in total. The second kappa shape index (κ2) is 13.4. The van der Waals surface area contributed by atoms with E-state index in [2.05, 4.69) is 20.5 Å². The number of nitrogens with zero attached hydrogens (tertiary/aromatic N) is 4. The van der Waals surface area contributed by atoms with Crippen LogP contribution in [0.2, 0.25) is 10.0 Å². The number of anilines is 2. The zero-order chi connectivity index (χ0) is 28.1. The van der Waals surface area contributed by atoms with Crippen molar-refractivity contribution in [1.29, 1.82) is 0 Å². The van der Waals surface area contributed by atoms with Gasteiger partial charge >= 0.3 is 0 Å². The van der Waals surface area contributed by atoms with Crippen LogP contribution in [-0.2, 0) is 4.74 Å². The Morgan fingerprint density at radius 2 is 1.90 bits per heavy atom. The van der Waals surface area contributed by atoms with Crippen molar-refractivity contribution in [3.8, 4) is 22.8 Å². The zero-order valence-electron chi connectivity index (χ0n) is 22.9. The first-order chi connectivity index (χ1) is 19.5. The molecule has 2 aromatic heterocycles. The van der Waals surface area contributed by atoms with E-state index in [0.29, 0.717) is 63.2 Å². The van der Waals surface area contributed by atoms with Crippen LogP contribution in [0.1, 0.15) is 32.1 Å². The Morgan fingerprint density at radius 3 is 2.60 bits per heavy atom. The lowest BCUT2D eigenvalue weighted by Gasteiger charge is -2.22. The van der Waals surface area contributed by atoms with Gasteiger partial charge in [-0.3, -0.25) is 4.90 Å². The number of pyridine rings is 1. The lowest BCUT2D eigenvalue weighted by Crippen LogP contribution is -2.33. The summed E-state index contributed by atoms with van der Waals surface area (Å²) in [5.74, 6) is 2.02. The predicted molar refractivity (Wildman–Crippen MR) is 158 cm³/mol. The van der Waals surface area contributed by atoms with Crippen LogP contribution in [0.3, 0.4) is 0 Å². The Labute approximate surface area is 244 Å². The van der Waals surface area contributed by atoms with Gasteiger partial charge in [0, 0.05) is 42.4 Å². The number of benzene rings is 1. The number of aromatic nitrogens is 3. The molecule has 2 fully saturated rings. The van der Waals surface area contributed by atoms with Gasteiger partial charge in [-0.2, -0.15) is 0 Å². The van der Waals surface area contributed by atoms with Gasteiger partial charge in [0.15, 0.2) is 5.82 Å². The van der Waals surface area contributed by atoms with Crippen LogP contribution in [0.25, 0.3) is 22.2 Å². The highest BCUT2D eigenvalue weighted by Gasteiger charge is 2.24. The van der Waals surface area contributed by atoms with E-state index >= 15 is 0 Å². The minimum atomic E-state index is 0.177. The van der Waals surface area contributed by atoms with E-state index in [4.69, 9.17) is 47.4 Å². The molecule has 2 atom stereocenters. The largest absolute Gasteiger partial charge is 0.495 e. The van der Waals surface area contributed by atoms with Crippen molar-refractivity contribution in [1.82, 2.24) is 19.9 Å². The monoisotopic (exact) mass is 590 g/mol. The Bertz CT molecular complexity index is 1300. The van der Waals surface area contributed by atoms with Crippen LogP contribution in [0.5, 0.6) is 11.5 Å². The number of rotatable bonds is 12. The van der Waals surface area contributed by atoms with Crippen molar-refractivity contribution in [3.63, 3.8) is 0 Å². The smallest absolute Gasteiger partial charge is 0.223 e. The van der Waals surface area contributed by atoms with Crippen molar-refractivity contribution in [2.75, 3.05) is 64.3 Å². The fourth-order valence-electron chi connectivity index (χ4n) is 5.34. The fourth-order valence-corrected chi connectivity index (χ4v) is 6.04. The second-order valence-electron chi connectivity index (χ2n) is 10.1. The molecule has 5 rings (SSSR count). The van der Waals surface area contributed by atoms with Crippen LogP contribution in [0.4, 0.5) is 11.8 Å². The van der Waals surface area contributed by atoms with E-state index in [1.165, 1.54) is 0 Å². The van der Waals surface area contributed by atoms with E-state index in [0.717, 1.165) is 57.2 Å². The van der Waals surface area contributed by atoms with E-state index in [-0.39, 0.29) is 18.7 Å². The number of fused-ring (bicyclic) bond motifs is 1. The number of aliphatic hydroxyl groups is 1. The highest BCUT2D eigenvalue weighted by Crippen LogP contribution is 2.46. The molecule has 0 radical (unpaired) electrons. The summed E-state index contributed by atoms with van der Waals surface area (Å²) in [6, 6.07) is 4.00. The fraction of sp³-hybridized carbons (Fsp3) is 0.536. The van der Waals surface area contributed by atoms with Crippen LogP contribution in [0, 0.1) is 0 Å².